The van der Waals surface area contributed by atoms with Gasteiger partial charge in [-0.2, -0.15) is 4.31 Å². The molecule has 0 saturated carbocycles. The highest BCUT2D eigenvalue weighted by atomic mass is 35.5. The zero-order chi connectivity index (χ0) is 27.8. The summed E-state index contributed by atoms with van der Waals surface area (Å²) < 4.78 is 44.2. The van der Waals surface area contributed by atoms with Gasteiger partial charge in [-0.25, -0.2) is 13.2 Å². The predicted molar refractivity (Wildman–Crippen MR) is 150 cm³/mol. The van der Waals surface area contributed by atoms with Crippen LogP contribution in [-0.4, -0.2) is 70.5 Å². The summed E-state index contributed by atoms with van der Waals surface area (Å²) in [5, 5.41) is 0.524. The Bertz CT molecular complexity index is 1360. The number of carbonyl (C=O) groups excluding carboxylic acids is 1. The number of esters is 1. The lowest BCUT2D eigenvalue weighted by Crippen LogP contribution is -2.49. The lowest BCUT2D eigenvalue weighted by molar-refractivity contribution is 0.00760. The number of carbonyl (C=O) groups is 1. The minimum absolute atomic E-state index is 0.0716. The fourth-order valence-electron chi connectivity index (χ4n) is 4.50. The van der Waals surface area contributed by atoms with Crippen LogP contribution >= 0.6 is 11.6 Å². The molecule has 1 aliphatic heterocycles. The molecule has 0 amide bonds. The maximum atomic E-state index is 13.0. The Hall–Kier alpha value is -2.95. The van der Waals surface area contributed by atoms with Crippen LogP contribution in [0, 0.1) is 0 Å². The third kappa shape index (κ3) is 8.03. The predicted octanol–water partition coefficient (Wildman–Crippen LogP) is 4.54. The zero-order valence-electron chi connectivity index (χ0n) is 22.1. The Morgan fingerprint density at radius 2 is 1.64 bits per heavy atom. The van der Waals surface area contributed by atoms with E-state index in [0.29, 0.717) is 55.5 Å². The van der Waals surface area contributed by atoms with Crippen molar-refractivity contribution < 1.29 is 27.4 Å². The average Bonchev–Trinajstić information content (AvgIpc) is 2.95. The maximum Gasteiger partial charge on any atom is 0.337 e. The molecule has 0 aliphatic carbocycles. The van der Waals surface area contributed by atoms with Crippen molar-refractivity contribution in [2.24, 2.45) is 0 Å². The van der Waals surface area contributed by atoms with Gasteiger partial charge in [-0.3, -0.25) is 4.90 Å². The summed E-state index contributed by atoms with van der Waals surface area (Å²) in [6.07, 6.45) is -0.269. The first-order chi connectivity index (χ1) is 18.8. The van der Waals surface area contributed by atoms with Gasteiger partial charge in [0.15, 0.2) is 0 Å². The van der Waals surface area contributed by atoms with Crippen molar-refractivity contribution >= 4 is 27.6 Å². The SMILES string of the molecule is COC(=O)c1ccc(COC(CN2CCN(S(=O)(=O)Cc3cccc(Cl)c3)CC2)c2cccc(OC)c2)cc1. The monoisotopic (exact) mass is 572 g/mol. The van der Waals surface area contributed by atoms with Gasteiger partial charge in [0.2, 0.25) is 10.0 Å². The summed E-state index contributed by atoms with van der Waals surface area (Å²) in [4.78, 5) is 13.9. The number of sulfonamides is 1. The van der Waals surface area contributed by atoms with E-state index in [1.54, 1.807) is 47.8 Å². The third-order valence-electron chi connectivity index (χ3n) is 6.68. The van der Waals surface area contributed by atoms with Crippen molar-refractivity contribution in [3.05, 3.63) is 100 Å². The number of ether oxygens (including phenoxy) is 3. The molecule has 0 N–H and O–H groups in total. The first-order valence-corrected chi connectivity index (χ1v) is 14.6. The smallest absolute Gasteiger partial charge is 0.337 e. The highest BCUT2D eigenvalue weighted by Crippen LogP contribution is 2.26. The van der Waals surface area contributed by atoms with Crippen LogP contribution in [0.3, 0.4) is 0 Å². The minimum Gasteiger partial charge on any atom is -0.497 e. The van der Waals surface area contributed by atoms with Gasteiger partial charge >= 0.3 is 5.97 Å². The van der Waals surface area contributed by atoms with Gasteiger partial charge in [0.25, 0.3) is 0 Å². The Labute approximate surface area is 235 Å². The lowest BCUT2D eigenvalue weighted by Gasteiger charge is -2.36. The zero-order valence-corrected chi connectivity index (χ0v) is 23.7. The molecule has 1 fully saturated rings. The average molecular weight is 573 g/mol. The molecule has 3 aromatic carbocycles. The summed E-state index contributed by atoms with van der Waals surface area (Å²) in [5.74, 6) is 0.281. The number of benzene rings is 3. The van der Waals surface area contributed by atoms with Crippen molar-refractivity contribution in [1.29, 1.82) is 0 Å². The second-order valence-corrected chi connectivity index (χ2v) is 11.8. The van der Waals surface area contributed by atoms with Gasteiger partial charge < -0.3 is 14.2 Å². The molecular weight excluding hydrogens is 540 g/mol. The van der Waals surface area contributed by atoms with Crippen LogP contribution in [0.5, 0.6) is 5.75 Å². The fourth-order valence-corrected chi connectivity index (χ4v) is 6.22. The van der Waals surface area contributed by atoms with E-state index in [4.69, 9.17) is 25.8 Å². The van der Waals surface area contributed by atoms with Crippen molar-refractivity contribution in [2.45, 2.75) is 18.5 Å². The Morgan fingerprint density at radius 3 is 2.31 bits per heavy atom. The van der Waals surface area contributed by atoms with E-state index in [-0.39, 0.29) is 17.8 Å². The molecule has 1 saturated heterocycles. The standard InChI is InChI=1S/C29H33ClN2O6S/c1-36-27-8-4-6-25(18-27)28(38-20-22-9-11-24(12-10-22)29(33)37-2)19-31-13-15-32(16-14-31)39(34,35)21-23-5-3-7-26(30)17-23/h3-12,17-18,28H,13-16,19-21H2,1-2H3. The molecule has 0 spiro atoms. The second kappa shape index (κ2) is 13.4. The molecule has 1 unspecified atom stereocenters. The molecule has 0 radical (unpaired) electrons. The molecule has 1 atom stereocenters. The fraction of sp³-hybridized carbons (Fsp3) is 0.345. The summed E-state index contributed by atoms with van der Waals surface area (Å²) in [7, 11) is -0.477. The second-order valence-electron chi connectivity index (χ2n) is 9.35. The van der Waals surface area contributed by atoms with E-state index in [1.807, 2.05) is 36.4 Å². The normalized spacial score (nSPS) is 15.6. The molecule has 39 heavy (non-hydrogen) atoms. The van der Waals surface area contributed by atoms with E-state index in [1.165, 1.54) is 7.11 Å². The van der Waals surface area contributed by atoms with Crippen molar-refractivity contribution in [2.75, 3.05) is 46.9 Å². The molecule has 1 heterocycles. The number of piperazine rings is 1. The van der Waals surface area contributed by atoms with Crippen molar-refractivity contribution in [3.63, 3.8) is 0 Å². The number of halogens is 1. The molecule has 4 rings (SSSR count). The number of rotatable bonds is 11. The summed E-state index contributed by atoms with van der Waals surface area (Å²) >= 11 is 6.03. The maximum absolute atomic E-state index is 13.0. The molecule has 208 valence electrons. The lowest BCUT2D eigenvalue weighted by atomic mass is 10.1. The highest BCUT2D eigenvalue weighted by Gasteiger charge is 2.29. The van der Waals surface area contributed by atoms with E-state index < -0.39 is 10.0 Å². The van der Waals surface area contributed by atoms with E-state index in [2.05, 4.69) is 4.90 Å². The summed E-state index contributed by atoms with van der Waals surface area (Å²) in [5.41, 5.74) is 3.05. The van der Waals surface area contributed by atoms with Crippen LogP contribution < -0.4 is 4.74 Å². The Kier molecular flexibility index (Phi) is 9.99. The van der Waals surface area contributed by atoms with Gasteiger partial charge in [-0.1, -0.05) is 48.0 Å². The largest absolute Gasteiger partial charge is 0.497 e. The first kappa shape index (κ1) is 29.0. The van der Waals surface area contributed by atoms with Gasteiger partial charge in [0.1, 0.15) is 5.75 Å². The van der Waals surface area contributed by atoms with E-state index in [9.17, 15) is 13.2 Å². The molecule has 1 aliphatic rings. The van der Waals surface area contributed by atoms with Crippen molar-refractivity contribution in [1.82, 2.24) is 9.21 Å². The van der Waals surface area contributed by atoms with Gasteiger partial charge in [0, 0.05) is 37.7 Å². The van der Waals surface area contributed by atoms with Crippen molar-refractivity contribution in [3.8, 4) is 5.75 Å². The molecule has 10 heteroatoms. The van der Waals surface area contributed by atoms with Crippen LogP contribution in [0.15, 0.2) is 72.8 Å². The topological polar surface area (TPSA) is 85.4 Å². The molecule has 3 aromatic rings. The van der Waals surface area contributed by atoms with E-state index in [0.717, 1.165) is 16.9 Å². The Balaban J connectivity index is 1.40. The molecule has 0 bridgehead atoms. The molecular formula is C29H33ClN2O6S. The molecule has 0 aromatic heterocycles. The van der Waals surface area contributed by atoms with E-state index >= 15 is 0 Å². The number of nitrogens with zero attached hydrogens (tertiary/aromatic N) is 2. The number of hydrogen-bond donors (Lipinski definition) is 0. The highest BCUT2D eigenvalue weighted by molar-refractivity contribution is 7.88. The van der Waals surface area contributed by atoms with Crippen LogP contribution in [0.25, 0.3) is 0 Å². The van der Waals surface area contributed by atoms with Crippen LogP contribution in [-0.2, 0) is 31.9 Å². The van der Waals surface area contributed by atoms with Crippen LogP contribution in [0.4, 0.5) is 0 Å². The third-order valence-corrected chi connectivity index (χ3v) is 8.76. The summed E-state index contributed by atoms with van der Waals surface area (Å²) in [6.45, 7) is 2.93. The first-order valence-electron chi connectivity index (χ1n) is 12.6. The quantitative estimate of drug-likeness (QED) is 0.312. The van der Waals surface area contributed by atoms with Gasteiger partial charge in [-0.15, -0.1) is 0 Å². The Morgan fingerprint density at radius 1 is 0.923 bits per heavy atom. The van der Waals surface area contributed by atoms with Crippen LogP contribution in [0.2, 0.25) is 5.02 Å². The van der Waals surface area contributed by atoms with Crippen LogP contribution in [0.1, 0.15) is 33.2 Å². The minimum atomic E-state index is -3.46. The number of hydrogen-bond acceptors (Lipinski definition) is 7. The number of methoxy groups -OCH3 is 2. The summed E-state index contributed by atoms with van der Waals surface area (Å²) in [6, 6.07) is 21.8. The molecule has 8 nitrogen and oxygen atoms in total. The van der Waals surface area contributed by atoms with Gasteiger partial charge in [-0.05, 0) is 53.1 Å². The van der Waals surface area contributed by atoms with Gasteiger partial charge in [0.05, 0.1) is 38.2 Å².